The average Bonchev–Trinajstić information content (AvgIpc) is 2.67. The fourth-order valence-corrected chi connectivity index (χ4v) is 3.52. The minimum absolute atomic E-state index is 0.00201. The van der Waals surface area contributed by atoms with Crippen LogP contribution in [0.25, 0.3) is 0 Å². The predicted octanol–water partition coefficient (Wildman–Crippen LogP) is 2.58. The molecule has 0 N–H and O–H groups in total. The van der Waals surface area contributed by atoms with Crippen LogP contribution in [0.15, 0.2) is 30.5 Å². The zero-order valence-electron chi connectivity index (χ0n) is 14.3. The first kappa shape index (κ1) is 15.9. The van der Waals surface area contributed by atoms with E-state index in [4.69, 9.17) is 9.47 Å². The first-order chi connectivity index (χ1) is 12.2. The van der Waals surface area contributed by atoms with Crippen molar-refractivity contribution in [1.29, 1.82) is 0 Å². The van der Waals surface area contributed by atoms with Gasteiger partial charge in [-0.05, 0) is 38.0 Å². The van der Waals surface area contributed by atoms with Gasteiger partial charge in [0.15, 0.2) is 11.5 Å². The van der Waals surface area contributed by atoms with E-state index in [1.807, 2.05) is 36.1 Å². The highest BCUT2D eigenvalue weighted by molar-refractivity contribution is 5.98. The van der Waals surface area contributed by atoms with Gasteiger partial charge in [0.25, 0.3) is 5.91 Å². The maximum Gasteiger partial charge on any atom is 0.257 e. The highest BCUT2D eigenvalue weighted by Gasteiger charge is 2.29. The Morgan fingerprint density at radius 3 is 3.00 bits per heavy atom. The number of hydrogen-bond acceptors (Lipinski definition) is 5. The van der Waals surface area contributed by atoms with Gasteiger partial charge >= 0.3 is 0 Å². The quantitative estimate of drug-likeness (QED) is 0.841. The fraction of sp³-hybridized carbons (Fsp3) is 0.421. The topological polar surface area (TPSA) is 64.6 Å². The molecule has 1 unspecified atom stereocenters. The molecular weight excluding hydrogens is 318 g/mol. The number of aromatic nitrogens is 2. The molecule has 1 amide bonds. The Kier molecular flexibility index (Phi) is 4.26. The lowest BCUT2D eigenvalue weighted by Gasteiger charge is -2.33. The molecule has 4 rings (SSSR count). The predicted molar refractivity (Wildman–Crippen MR) is 92.1 cm³/mol. The molecule has 0 spiro atoms. The van der Waals surface area contributed by atoms with Crippen LogP contribution in [0.2, 0.25) is 0 Å². The zero-order valence-corrected chi connectivity index (χ0v) is 14.3. The van der Waals surface area contributed by atoms with Gasteiger partial charge in [0, 0.05) is 30.9 Å². The van der Waals surface area contributed by atoms with Crippen molar-refractivity contribution in [3.8, 4) is 11.5 Å². The summed E-state index contributed by atoms with van der Waals surface area (Å²) in [5.41, 5.74) is 1.59. The van der Waals surface area contributed by atoms with Crippen LogP contribution in [0.5, 0.6) is 11.5 Å². The Balaban J connectivity index is 1.56. The van der Waals surface area contributed by atoms with E-state index < -0.39 is 0 Å². The molecule has 0 saturated carbocycles. The highest BCUT2D eigenvalue weighted by atomic mass is 16.6. The number of para-hydroxylation sites is 1. The first-order valence-corrected chi connectivity index (χ1v) is 8.70. The lowest BCUT2D eigenvalue weighted by molar-refractivity contribution is 0.0695. The second kappa shape index (κ2) is 6.70. The van der Waals surface area contributed by atoms with Gasteiger partial charge in [0.1, 0.15) is 19.0 Å². The summed E-state index contributed by atoms with van der Waals surface area (Å²) in [6.07, 6.45) is 3.79. The van der Waals surface area contributed by atoms with Gasteiger partial charge in [-0.3, -0.25) is 4.79 Å². The van der Waals surface area contributed by atoms with Gasteiger partial charge in [-0.1, -0.05) is 6.07 Å². The molecule has 1 fully saturated rings. The molecule has 0 radical (unpaired) electrons. The van der Waals surface area contributed by atoms with Crippen molar-refractivity contribution in [3.05, 3.63) is 47.5 Å². The standard InChI is InChI=1S/C19H21N3O3/c1-13-20-8-7-16(21-13)14-4-3-9-22(12-14)19(23)15-5-2-6-17-18(15)25-11-10-24-17/h2,5-8,14H,3-4,9-12H2,1H3. The van der Waals surface area contributed by atoms with Crippen LogP contribution in [-0.2, 0) is 0 Å². The molecule has 6 nitrogen and oxygen atoms in total. The second-order valence-corrected chi connectivity index (χ2v) is 6.45. The Bertz CT molecular complexity index is 793. The molecule has 130 valence electrons. The molecule has 6 heteroatoms. The van der Waals surface area contributed by atoms with Crippen molar-refractivity contribution < 1.29 is 14.3 Å². The van der Waals surface area contributed by atoms with E-state index in [-0.39, 0.29) is 11.8 Å². The molecule has 1 saturated heterocycles. The number of ether oxygens (including phenoxy) is 2. The van der Waals surface area contributed by atoms with Crippen LogP contribution in [0.3, 0.4) is 0 Å². The third-order valence-corrected chi connectivity index (χ3v) is 4.72. The van der Waals surface area contributed by atoms with Crippen molar-refractivity contribution in [1.82, 2.24) is 14.9 Å². The number of likely N-dealkylation sites (tertiary alicyclic amines) is 1. The molecule has 0 aliphatic carbocycles. The smallest absolute Gasteiger partial charge is 0.257 e. The number of carbonyl (C=O) groups excluding carboxylic acids is 1. The van der Waals surface area contributed by atoms with Gasteiger partial charge in [-0.15, -0.1) is 0 Å². The zero-order chi connectivity index (χ0) is 17.2. The van der Waals surface area contributed by atoms with Crippen LogP contribution >= 0.6 is 0 Å². The van der Waals surface area contributed by atoms with Gasteiger partial charge in [-0.25, -0.2) is 9.97 Å². The lowest BCUT2D eigenvalue weighted by atomic mass is 9.94. The Morgan fingerprint density at radius 1 is 1.24 bits per heavy atom. The van der Waals surface area contributed by atoms with E-state index in [2.05, 4.69) is 9.97 Å². The van der Waals surface area contributed by atoms with Gasteiger partial charge in [0.05, 0.1) is 5.56 Å². The number of nitrogens with zero attached hydrogens (tertiary/aromatic N) is 3. The molecular formula is C19H21N3O3. The van der Waals surface area contributed by atoms with E-state index in [0.29, 0.717) is 36.8 Å². The van der Waals surface area contributed by atoms with Crippen LogP contribution in [0.4, 0.5) is 0 Å². The van der Waals surface area contributed by atoms with E-state index in [0.717, 1.165) is 30.9 Å². The molecule has 1 aromatic heterocycles. The summed E-state index contributed by atoms with van der Waals surface area (Å²) < 4.78 is 11.3. The third kappa shape index (κ3) is 3.16. The van der Waals surface area contributed by atoms with E-state index in [9.17, 15) is 4.79 Å². The maximum atomic E-state index is 13.1. The van der Waals surface area contributed by atoms with Crippen molar-refractivity contribution in [3.63, 3.8) is 0 Å². The lowest BCUT2D eigenvalue weighted by Crippen LogP contribution is -2.39. The molecule has 1 aromatic carbocycles. The van der Waals surface area contributed by atoms with Crippen LogP contribution in [0.1, 0.15) is 40.6 Å². The third-order valence-electron chi connectivity index (χ3n) is 4.72. The normalized spacial score (nSPS) is 19.6. The number of hydrogen-bond donors (Lipinski definition) is 0. The summed E-state index contributed by atoms with van der Waals surface area (Å²) in [4.78, 5) is 23.7. The molecule has 2 aromatic rings. The Hall–Kier alpha value is -2.63. The molecule has 0 bridgehead atoms. The second-order valence-electron chi connectivity index (χ2n) is 6.45. The van der Waals surface area contributed by atoms with Crippen molar-refractivity contribution in [2.75, 3.05) is 26.3 Å². The number of aryl methyl sites for hydroxylation is 1. The maximum absolute atomic E-state index is 13.1. The molecule has 2 aliphatic heterocycles. The monoisotopic (exact) mass is 339 g/mol. The molecule has 2 aliphatic rings. The first-order valence-electron chi connectivity index (χ1n) is 8.70. The average molecular weight is 339 g/mol. The summed E-state index contributed by atoms with van der Waals surface area (Å²) in [5, 5.41) is 0. The molecule has 1 atom stereocenters. The van der Waals surface area contributed by atoms with E-state index in [1.54, 1.807) is 6.20 Å². The highest BCUT2D eigenvalue weighted by Crippen LogP contribution is 2.35. The van der Waals surface area contributed by atoms with Gasteiger partial charge < -0.3 is 14.4 Å². The fourth-order valence-electron chi connectivity index (χ4n) is 3.52. The SMILES string of the molecule is Cc1nccc(C2CCCN(C(=O)c3cccc4c3OCCO4)C2)n1. The van der Waals surface area contributed by atoms with E-state index in [1.165, 1.54) is 0 Å². The Labute approximate surface area is 146 Å². The summed E-state index contributed by atoms with van der Waals surface area (Å²) in [5.74, 6) is 2.23. The summed E-state index contributed by atoms with van der Waals surface area (Å²) in [7, 11) is 0. The van der Waals surface area contributed by atoms with Crippen molar-refractivity contribution in [2.24, 2.45) is 0 Å². The van der Waals surface area contributed by atoms with Crippen molar-refractivity contribution in [2.45, 2.75) is 25.7 Å². The Morgan fingerprint density at radius 2 is 2.12 bits per heavy atom. The number of benzene rings is 1. The summed E-state index contributed by atoms with van der Waals surface area (Å²) >= 11 is 0. The number of rotatable bonds is 2. The van der Waals surface area contributed by atoms with Crippen LogP contribution in [-0.4, -0.2) is 47.1 Å². The number of amides is 1. The number of carbonyl (C=O) groups is 1. The largest absolute Gasteiger partial charge is 0.486 e. The minimum atomic E-state index is -0.00201. The molecule has 25 heavy (non-hydrogen) atoms. The van der Waals surface area contributed by atoms with Crippen molar-refractivity contribution >= 4 is 5.91 Å². The summed E-state index contributed by atoms with van der Waals surface area (Å²) in [6.45, 7) is 4.30. The number of piperidine rings is 1. The summed E-state index contributed by atoms with van der Waals surface area (Å²) in [6, 6.07) is 7.45. The molecule has 3 heterocycles. The number of fused-ring (bicyclic) bond motifs is 1. The van der Waals surface area contributed by atoms with Crippen LogP contribution in [0, 0.1) is 6.92 Å². The van der Waals surface area contributed by atoms with Crippen LogP contribution < -0.4 is 9.47 Å². The van der Waals surface area contributed by atoms with E-state index >= 15 is 0 Å². The van der Waals surface area contributed by atoms with Gasteiger partial charge in [-0.2, -0.15) is 0 Å². The van der Waals surface area contributed by atoms with Gasteiger partial charge in [0.2, 0.25) is 0 Å². The minimum Gasteiger partial charge on any atom is -0.486 e.